The van der Waals surface area contributed by atoms with Crippen molar-refractivity contribution >= 4 is 6.09 Å². The molecule has 0 bridgehead atoms. The molecule has 0 saturated carbocycles. The Hall–Kier alpha value is -1.63. The molecule has 0 atom stereocenters. The Morgan fingerprint density at radius 1 is 1.41 bits per heavy atom. The first kappa shape index (κ1) is 16.7. The Morgan fingerprint density at radius 3 is 2.64 bits per heavy atom. The maximum atomic E-state index is 12.0. The lowest BCUT2D eigenvalue weighted by Crippen LogP contribution is -2.46. The summed E-state index contributed by atoms with van der Waals surface area (Å²) >= 11 is 0. The standard InChI is InChI=1S/C15H27N5O2/c1-15(2,3)22-14(21)20-9-6-12(7-10-20)16-8-5-13-17-11-19(4)18-13/h11-12,16H,5-10H2,1-4H3. The fourth-order valence-electron chi connectivity index (χ4n) is 2.48. The molecule has 124 valence electrons. The number of piperidine rings is 1. The van der Waals surface area contributed by atoms with E-state index in [1.54, 1.807) is 15.9 Å². The summed E-state index contributed by atoms with van der Waals surface area (Å²) < 4.78 is 7.12. The third-order valence-corrected chi connectivity index (χ3v) is 3.58. The quantitative estimate of drug-likeness (QED) is 0.909. The van der Waals surface area contributed by atoms with E-state index in [0.717, 1.165) is 44.7 Å². The van der Waals surface area contributed by atoms with Gasteiger partial charge in [0.15, 0.2) is 5.82 Å². The van der Waals surface area contributed by atoms with Crippen LogP contribution in [0.5, 0.6) is 0 Å². The molecule has 7 nitrogen and oxygen atoms in total. The van der Waals surface area contributed by atoms with Crippen molar-refractivity contribution in [2.24, 2.45) is 7.05 Å². The molecule has 1 saturated heterocycles. The summed E-state index contributed by atoms with van der Waals surface area (Å²) in [6.45, 7) is 8.03. The van der Waals surface area contributed by atoms with Crippen molar-refractivity contribution in [2.75, 3.05) is 19.6 Å². The number of hydrogen-bond donors (Lipinski definition) is 1. The first-order valence-electron chi connectivity index (χ1n) is 7.89. The van der Waals surface area contributed by atoms with Gasteiger partial charge in [-0.15, -0.1) is 0 Å². The van der Waals surface area contributed by atoms with Crippen LogP contribution >= 0.6 is 0 Å². The summed E-state index contributed by atoms with van der Waals surface area (Å²) in [5, 5.41) is 7.78. The van der Waals surface area contributed by atoms with Gasteiger partial charge in [-0.2, -0.15) is 5.10 Å². The third kappa shape index (κ3) is 5.29. The Labute approximate surface area is 132 Å². The van der Waals surface area contributed by atoms with Crippen molar-refractivity contribution in [3.63, 3.8) is 0 Å². The number of nitrogens with zero attached hydrogens (tertiary/aromatic N) is 4. The second kappa shape index (κ2) is 7.09. The molecule has 0 unspecified atom stereocenters. The van der Waals surface area contributed by atoms with Gasteiger partial charge in [-0.3, -0.25) is 4.68 Å². The lowest BCUT2D eigenvalue weighted by atomic mass is 10.1. The largest absolute Gasteiger partial charge is 0.444 e. The van der Waals surface area contributed by atoms with Crippen molar-refractivity contribution in [2.45, 2.75) is 51.7 Å². The van der Waals surface area contributed by atoms with E-state index in [1.807, 2.05) is 27.8 Å². The van der Waals surface area contributed by atoms with Crippen molar-refractivity contribution < 1.29 is 9.53 Å². The maximum absolute atomic E-state index is 12.0. The smallest absolute Gasteiger partial charge is 0.410 e. The number of ether oxygens (including phenoxy) is 1. The number of rotatable bonds is 4. The van der Waals surface area contributed by atoms with E-state index in [9.17, 15) is 4.79 Å². The number of aryl methyl sites for hydroxylation is 1. The molecular formula is C15H27N5O2. The molecule has 22 heavy (non-hydrogen) atoms. The molecule has 1 aromatic rings. The number of carbonyl (C=O) groups excluding carboxylic acids is 1. The Morgan fingerprint density at radius 2 is 2.09 bits per heavy atom. The highest BCUT2D eigenvalue weighted by Crippen LogP contribution is 2.15. The summed E-state index contributed by atoms with van der Waals surface area (Å²) in [4.78, 5) is 18.0. The molecule has 1 fully saturated rings. The molecule has 1 aliphatic rings. The van der Waals surface area contributed by atoms with Crippen LogP contribution in [0.1, 0.15) is 39.4 Å². The van der Waals surface area contributed by atoms with Crippen molar-refractivity contribution in [3.8, 4) is 0 Å². The normalized spacial score (nSPS) is 16.8. The minimum Gasteiger partial charge on any atom is -0.444 e. The van der Waals surface area contributed by atoms with E-state index >= 15 is 0 Å². The summed E-state index contributed by atoms with van der Waals surface area (Å²) in [5.74, 6) is 0.862. The molecule has 7 heteroatoms. The number of likely N-dealkylation sites (tertiary alicyclic amines) is 1. The van der Waals surface area contributed by atoms with E-state index in [4.69, 9.17) is 4.74 Å². The average Bonchev–Trinajstić information content (AvgIpc) is 2.83. The van der Waals surface area contributed by atoms with Crippen LogP contribution in [0.15, 0.2) is 6.33 Å². The summed E-state index contributed by atoms with van der Waals surface area (Å²) in [6, 6.07) is 0.447. The number of carbonyl (C=O) groups is 1. The predicted octanol–water partition coefficient (Wildman–Crippen LogP) is 1.35. The number of nitrogens with one attached hydrogen (secondary N) is 1. The number of hydrogen-bond acceptors (Lipinski definition) is 5. The molecule has 1 amide bonds. The van der Waals surface area contributed by atoms with E-state index < -0.39 is 5.60 Å². The molecule has 2 heterocycles. The van der Waals surface area contributed by atoms with Gasteiger partial charge in [0, 0.05) is 39.1 Å². The number of amides is 1. The molecule has 1 aromatic heterocycles. The maximum Gasteiger partial charge on any atom is 0.410 e. The van der Waals surface area contributed by atoms with Crippen LogP contribution in [0.3, 0.4) is 0 Å². The van der Waals surface area contributed by atoms with Crippen molar-refractivity contribution in [1.29, 1.82) is 0 Å². The van der Waals surface area contributed by atoms with Crippen molar-refractivity contribution in [1.82, 2.24) is 25.0 Å². The van der Waals surface area contributed by atoms with Crippen LogP contribution in [0.25, 0.3) is 0 Å². The monoisotopic (exact) mass is 309 g/mol. The van der Waals surface area contributed by atoms with Gasteiger partial charge in [-0.05, 0) is 33.6 Å². The van der Waals surface area contributed by atoms with E-state index in [-0.39, 0.29) is 6.09 Å². The zero-order chi connectivity index (χ0) is 16.2. The molecule has 0 radical (unpaired) electrons. The first-order valence-corrected chi connectivity index (χ1v) is 7.89. The topological polar surface area (TPSA) is 72.3 Å². The SMILES string of the molecule is Cn1cnc(CCNC2CCN(C(=O)OC(C)(C)C)CC2)n1. The highest BCUT2D eigenvalue weighted by molar-refractivity contribution is 5.68. The van der Waals surface area contributed by atoms with Gasteiger partial charge in [0.1, 0.15) is 11.9 Å². The minimum absolute atomic E-state index is 0.205. The first-order chi connectivity index (χ1) is 10.3. The molecule has 2 rings (SSSR count). The molecule has 0 aromatic carbocycles. The Balaban J connectivity index is 1.65. The van der Waals surface area contributed by atoms with E-state index in [2.05, 4.69) is 15.4 Å². The van der Waals surface area contributed by atoms with Gasteiger partial charge in [-0.25, -0.2) is 9.78 Å². The zero-order valence-electron chi connectivity index (χ0n) is 14.0. The molecule has 1 N–H and O–H groups in total. The van der Waals surface area contributed by atoms with Gasteiger partial charge >= 0.3 is 6.09 Å². The van der Waals surface area contributed by atoms with Gasteiger partial charge in [0.05, 0.1) is 0 Å². The Kier molecular flexibility index (Phi) is 5.39. The van der Waals surface area contributed by atoms with Crippen LogP contribution in [0, 0.1) is 0 Å². The van der Waals surface area contributed by atoms with Crippen LogP contribution in [0.2, 0.25) is 0 Å². The van der Waals surface area contributed by atoms with Crippen LogP contribution in [0.4, 0.5) is 4.79 Å². The van der Waals surface area contributed by atoms with Gasteiger partial charge in [-0.1, -0.05) is 0 Å². The highest BCUT2D eigenvalue weighted by atomic mass is 16.6. The fourth-order valence-corrected chi connectivity index (χ4v) is 2.48. The second-order valence-electron chi connectivity index (χ2n) is 6.78. The third-order valence-electron chi connectivity index (χ3n) is 3.58. The van der Waals surface area contributed by atoms with Crippen molar-refractivity contribution in [3.05, 3.63) is 12.2 Å². The second-order valence-corrected chi connectivity index (χ2v) is 6.78. The fraction of sp³-hybridized carbons (Fsp3) is 0.800. The molecule has 1 aliphatic heterocycles. The average molecular weight is 309 g/mol. The number of aromatic nitrogens is 3. The van der Waals surface area contributed by atoms with Gasteiger partial charge < -0.3 is 15.0 Å². The van der Waals surface area contributed by atoms with Gasteiger partial charge in [0.25, 0.3) is 0 Å². The summed E-state index contributed by atoms with van der Waals surface area (Å²) in [7, 11) is 1.87. The van der Waals surface area contributed by atoms with Crippen LogP contribution in [-0.2, 0) is 18.2 Å². The Bertz CT molecular complexity index is 486. The van der Waals surface area contributed by atoms with Gasteiger partial charge in [0.2, 0.25) is 0 Å². The molecule has 0 aliphatic carbocycles. The minimum atomic E-state index is -0.429. The zero-order valence-corrected chi connectivity index (χ0v) is 14.0. The highest BCUT2D eigenvalue weighted by Gasteiger charge is 2.26. The van der Waals surface area contributed by atoms with Crippen LogP contribution in [-0.4, -0.2) is 57.0 Å². The lowest BCUT2D eigenvalue weighted by molar-refractivity contribution is 0.0198. The lowest BCUT2D eigenvalue weighted by Gasteiger charge is -2.33. The molecule has 0 spiro atoms. The molecular weight excluding hydrogens is 282 g/mol. The van der Waals surface area contributed by atoms with E-state index in [1.165, 1.54) is 0 Å². The summed E-state index contributed by atoms with van der Waals surface area (Å²) in [6.07, 6.45) is 4.24. The predicted molar refractivity (Wildman–Crippen MR) is 83.5 cm³/mol. The summed E-state index contributed by atoms with van der Waals surface area (Å²) in [5.41, 5.74) is -0.429. The van der Waals surface area contributed by atoms with Crippen LogP contribution < -0.4 is 5.32 Å². The van der Waals surface area contributed by atoms with E-state index in [0.29, 0.717) is 6.04 Å².